The third kappa shape index (κ3) is 2.85. The van der Waals surface area contributed by atoms with Crippen molar-refractivity contribution in [3.8, 4) is 0 Å². The van der Waals surface area contributed by atoms with E-state index in [9.17, 15) is 0 Å². The molecule has 0 fully saturated rings. The van der Waals surface area contributed by atoms with Gasteiger partial charge in [-0.25, -0.2) is 0 Å². The monoisotopic (exact) mass is 273 g/mol. The van der Waals surface area contributed by atoms with Gasteiger partial charge in [0.1, 0.15) is 0 Å². The van der Waals surface area contributed by atoms with Gasteiger partial charge in [-0.15, -0.1) is 0 Å². The fourth-order valence-corrected chi connectivity index (χ4v) is 2.28. The first kappa shape index (κ1) is 11.8. The molecule has 0 unspecified atom stereocenters. The van der Waals surface area contributed by atoms with Crippen molar-refractivity contribution in [3.05, 3.63) is 29.3 Å². The fourth-order valence-electron chi connectivity index (χ4n) is 1.70. The predicted molar refractivity (Wildman–Crippen MR) is 56.5 cm³/mol. The molecule has 0 saturated carbocycles. The Morgan fingerprint density at radius 3 is 1.93 bits per heavy atom. The molecule has 2 heteroatoms. The van der Waals surface area contributed by atoms with Gasteiger partial charge in [0.25, 0.3) is 0 Å². The molecule has 0 bridgehead atoms. The van der Waals surface area contributed by atoms with Gasteiger partial charge >= 0.3 is 97.7 Å². The zero-order valence-electron chi connectivity index (χ0n) is 8.92. The summed E-state index contributed by atoms with van der Waals surface area (Å²) in [5, 5.41) is 0. The van der Waals surface area contributed by atoms with Crippen molar-refractivity contribution in [2.45, 2.75) is 39.5 Å². The van der Waals surface area contributed by atoms with E-state index >= 15 is 0 Å². The molecule has 0 radical (unpaired) electrons. The average Bonchev–Trinajstić information content (AvgIpc) is 2.19. The molecule has 0 aliphatic heterocycles. The van der Waals surface area contributed by atoms with Crippen LogP contribution < -0.4 is 0 Å². The SMILES string of the molecule is CCCc1cccc(CCC)c1[N]=[Mo]. The van der Waals surface area contributed by atoms with Gasteiger partial charge in [-0.2, -0.15) is 0 Å². The van der Waals surface area contributed by atoms with Crippen LogP contribution in [0.5, 0.6) is 0 Å². The summed E-state index contributed by atoms with van der Waals surface area (Å²) < 4.78 is 4.42. The van der Waals surface area contributed by atoms with E-state index in [0.717, 1.165) is 12.8 Å². The summed E-state index contributed by atoms with van der Waals surface area (Å²) >= 11 is 1.83. The molecular formula is C12H17MoN. The molecule has 0 aliphatic carbocycles. The predicted octanol–water partition coefficient (Wildman–Crippen LogP) is 3.95. The van der Waals surface area contributed by atoms with E-state index in [1.807, 2.05) is 19.6 Å². The fraction of sp³-hybridized carbons (Fsp3) is 0.500. The molecule has 76 valence electrons. The molecule has 0 atom stereocenters. The summed E-state index contributed by atoms with van der Waals surface area (Å²) in [4.78, 5) is 0. The Balaban J connectivity index is 3.04. The quantitative estimate of drug-likeness (QED) is 0.719. The Morgan fingerprint density at radius 2 is 1.57 bits per heavy atom. The van der Waals surface area contributed by atoms with Crippen LogP contribution in [-0.2, 0) is 32.5 Å². The van der Waals surface area contributed by atoms with Crippen molar-refractivity contribution in [3.63, 3.8) is 0 Å². The van der Waals surface area contributed by atoms with Crippen LogP contribution in [0.3, 0.4) is 0 Å². The number of benzene rings is 1. The van der Waals surface area contributed by atoms with Gasteiger partial charge in [0.2, 0.25) is 0 Å². The molecule has 1 aromatic carbocycles. The Hall–Kier alpha value is -0.292. The summed E-state index contributed by atoms with van der Waals surface area (Å²) in [6, 6.07) is 6.56. The Bertz CT molecular complexity index is 283. The number of rotatable bonds is 5. The molecular weight excluding hydrogens is 254 g/mol. The van der Waals surface area contributed by atoms with Crippen molar-refractivity contribution >= 4 is 5.69 Å². The van der Waals surface area contributed by atoms with Crippen molar-refractivity contribution in [1.82, 2.24) is 0 Å². The summed E-state index contributed by atoms with van der Waals surface area (Å²) in [6.07, 6.45) is 4.68. The maximum atomic E-state index is 4.42. The first-order chi connectivity index (χ1) is 6.83. The van der Waals surface area contributed by atoms with Crippen LogP contribution in [0.2, 0.25) is 0 Å². The average molecular weight is 271 g/mol. The molecule has 0 heterocycles. The normalized spacial score (nSPS) is 10.1. The Kier molecular flexibility index (Phi) is 5.25. The van der Waals surface area contributed by atoms with Gasteiger partial charge in [-0.1, -0.05) is 0 Å². The molecule has 14 heavy (non-hydrogen) atoms. The third-order valence-electron chi connectivity index (χ3n) is 2.33. The number of aryl methyl sites for hydroxylation is 2. The van der Waals surface area contributed by atoms with E-state index in [0.29, 0.717) is 0 Å². The van der Waals surface area contributed by atoms with Crippen molar-refractivity contribution < 1.29 is 19.6 Å². The second-order valence-electron chi connectivity index (χ2n) is 3.52. The van der Waals surface area contributed by atoms with Crippen LogP contribution in [0, 0.1) is 0 Å². The number of nitrogens with zero attached hydrogens (tertiary/aromatic N) is 1. The molecule has 0 amide bonds. The topological polar surface area (TPSA) is 12.4 Å². The van der Waals surface area contributed by atoms with Crippen LogP contribution >= 0.6 is 0 Å². The maximum absolute atomic E-state index is 4.42. The van der Waals surface area contributed by atoms with E-state index in [4.69, 9.17) is 0 Å². The van der Waals surface area contributed by atoms with E-state index in [1.165, 1.54) is 29.7 Å². The van der Waals surface area contributed by atoms with Crippen LogP contribution in [0.25, 0.3) is 0 Å². The van der Waals surface area contributed by atoms with Crippen molar-refractivity contribution in [2.75, 3.05) is 0 Å². The summed E-state index contributed by atoms with van der Waals surface area (Å²) in [5.41, 5.74) is 4.05. The van der Waals surface area contributed by atoms with E-state index in [1.54, 1.807) is 0 Å². The first-order valence-corrected chi connectivity index (χ1v) is 6.17. The zero-order chi connectivity index (χ0) is 10.4. The Labute approximate surface area is 97.7 Å². The molecule has 0 aromatic heterocycles. The van der Waals surface area contributed by atoms with Gasteiger partial charge in [0.15, 0.2) is 0 Å². The molecule has 0 aliphatic rings. The van der Waals surface area contributed by atoms with Gasteiger partial charge in [0.05, 0.1) is 0 Å². The van der Waals surface area contributed by atoms with Gasteiger partial charge < -0.3 is 0 Å². The summed E-state index contributed by atoms with van der Waals surface area (Å²) in [7, 11) is 0. The van der Waals surface area contributed by atoms with E-state index in [2.05, 4.69) is 35.5 Å². The summed E-state index contributed by atoms with van der Waals surface area (Å²) in [6.45, 7) is 4.43. The van der Waals surface area contributed by atoms with Gasteiger partial charge in [-0.3, -0.25) is 0 Å². The van der Waals surface area contributed by atoms with Crippen LogP contribution in [-0.4, -0.2) is 0 Å². The third-order valence-corrected chi connectivity index (χ3v) is 2.78. The van der Waals surface area contributed by atoms with Crippen LogP contribution in [0.15, 0.2) is 21.7 Å². The van der Waals surface area contributed by atoms with Crippen molar-refractivity contribution in [1.29, 1.82) is 0 Å². The molecule has 0 N–H and O–H groups in total. The standard InChI is InChI=1S/C12H17N.Mo/c1-3-6-10-8-5-9-11(7-4-2)12(10)13;/h5,8-9H,3-4,6-7H2,1-2H3;. The molecule has 0 saturated heterocycles. The molecule has 1 nitrogen and oxygen atoms in total. The van der Waals surface area contributed by atoms with Gasteiger partial charge in [0, 0.05) is 0 Å². The second-order valence-corrected chi connectivity index (χ2v) is 3.96. The van der Waals surface area contributed by atoms with Crippen molar-refractivity contribution in [2.24, 2.45) is 3.50 Å². The Morgan fingerprint density at radius 1 is 1.07 bits per heavy atom. The molecule has 1 rings (SSSR count). The number of hydrogen-bond acceptors (Lipinski definition) is 1. The van der Waals surface area contributed by atoms with E-state index in [-0.39, 0.29) is 0 Å². The minimum absolute atomic E-state index is 1.14. The van der Waals surface area contributed by atoms with Crippen LogP contribution in [0.1, 0.15) is 37.8 Å². The zero-order valence-corrected chi connectivity index (χ0v) is 10.9. The first-order valence-electron chi connectivity index (χ1n) is 5.27. The van der Waals surface area contributed by atoms with Gasteiger partial charge in [-0.05, 0) is 0 Å². The molecule has 0 spiro atoms. The van der Waals surface area contributed by atoms with E-state index < -0.39 is 0 Å². The summed E-state index contributed by atoms with van der Waals surface area (Å²) in [5.74, 6) is 0. The minimum atomic E-state index is 1.14. The van der Waals surface area contributed by atoms with Crippen LogP contribution in [0.4, 0.5) is 5.69 Å². The number of hydrogen-bond donors (Lipinski definition) is 0. The second kappa shape index (κ2) is 6.24. The molecule has 1 aromatic rings.